The zero-order valence-electron chi connectivity index (χ0n) is 11.7. The number of benzene rings is 2. The maximum atomic E-state index is 12.5. The van der Waals surface area contributed by atoms with E-state index < -0.39 is 0 Å². The molecule has 0 spiro atoms. The second-order valence-corrected chi connectivity index (χ2v) is 5.23. The summed E-state index contributed by atoms with van der Waals surface area (Å²) in [5, 5.41) is 15.3. The van der Waals surface area contributed by atoms with Crippen molar-refractivity contribution in [3.05, 3.63) is 65.2 Å². The fourth-order valence-electron chi connectivity index (χ4n) is 2.65. The van der Waals surface area contributed by atoms with Crippen LogP contribution in [0.2, 0.25) is 0 Å². The molecule has 2 aromatic carbocycles. The lowest BCUT2D eigenvalue weighted by Crippen LogP contribution is -2.35. The first-order valence-electron chi connectivity index (χ1n) is 7.07. The van der Waals surface area contributed by atoms with Gasteiger partial charge in [0.25, 0.3) is 0 Å². The summed E-state index contributed by atoms with van der Waals surface area (Å²) < 4.78 is 0. The van der Waals surface area contributed by atoms with E-state index in [1.807, 2.05) is 42.5 Å². The van der Waals surface area contributed by atoms with E-state index in [0.717, 1.165) is 23.4 Å². The molecular formula is C17H18N2O2. The van der Waals surface area contributed by atoms with Gasteiger partial charge in [0.15, 0.2) is 0 Å². The Bertz CT molecular complexity index is 637. The van der Waals surface area contributed by atoms with E-state index in [0.29, 0.717) is 6.54 Å². The number of hydrogen-bond donors (Lipinski definition) is 3. The van der Waals surface area contributed by atoms with Crippen LogP contribution in [0.1, 0.15) is 22.6 Å². The van der Waals surface area contributed by atoms with Gasteiger partial charge in [-0.05, 0) is 28.8 Å². The molecule has 1 heterocycles. The topological polar surface area (TPSA) is 61.4 Å². The summed E-state index contributed by atoms with van der Waals surface area (Å²) in [6.07, 6.45) is 0. The van der Waals surface area contributed by atoms with Gasteiger partial charge in [-0.1, -0.05) is 36.4 Å². The molecule has 1 aliphatic heterocycles. The number of aliphatic hydroxyl groups is 1. The molecule has 1 unspecified atom stereocenters. The van der Waals surface area contributed by atoms with E-state index in [9.17, 15) is 4.79 Å². The van der Waals surface area contributed by atoms with Crippen LogP contribution in [0.5, 0.6) is 0 Å². The van der Waals surface area contributed by atoms with Crippen LogP contribution in [-0.2, 0) is 17.9 Å². The Balaban J connectivity index is 1.76. The highest BCUT2D eigenvalue weighted by molar-refractivity contribution is 5.96. The van der Waals surface area contributed by atoms with Crippen molar-refractivity contribution in [3.8, 4) is 0 Å². The number of carbonyl (C=O) groups excluding carboxylic acids is 1. The quantitative estimate of drug-likeness (QED) is 0.807. The Morgan fingerprint density at radius 3 is 2.71 bits per heavy atom. The predicted octanol–water partition coefficient (Wildman–Crippen LogP) is 2.00. The molecule has 108 valence electrons. The molecule has 0 aromatic heterocycles. The number of rotatable bonds is 3. The Morgan fingerprint density at radius 2 is 1.95 bits per heavy atom. The van der Waals surface area contributed by atoms with Gasteiger partial charge in [-0.15, -0.1) is 0 Å². The first-order valence-corrected chi connectivity index (χ1v) is 7.07. The summed E-state index contributed by atoms with van der Waals surface area (Å²) in [6, 6.07) is 15.3. The molecule has 2 aromatic rings. The molecule has 0 aliphatic carbocycles. The smallest absolute Gasteiger partial charge is 0.233 e. The lowest BCUT2D eigenvalue weighted by molar-refractivity contribution is -0.117. The first-order chi connectivity index (χ1) is 10.3. The predicted molar refractivity (Wildman–Crippen MR) is 81.9 cm³/mol. The average molecular weight is 282 g/mol. The van der Waals surface area contributed by atoms with Crippen molar-refractivity contribution in [2.75, 3.05) is 11.9 Å². The number of nitrogens with one attached hydrogen (secondary N) is 2. The van der Waals surface area contributed by atoms with E-state index in [4.69, 9.17) is 5.11 Å². The molecule has 1 atom stereocenters. The molecule has 0 radical (unpaired) electrons. The summed E-state index contributed by atoms with van der Waals surface area (Å²) >= 11 is 0. The molecule has 1 amide bonds. The monoisotopic (exact) mass is 282 g/mol. The molecule has 0 saturated heterocycles. The van der Waals surface area contributed by atoms with Gasteiger partial charge in [0.2, 0.25) is 5.91 Å². The van der Waals surface area contributed by atoms with Crippen LogP contribution in [0.15, 0.2) is 48.5 Å². The van der Waals surface area contributed by atoms with Crippen molar-refractivity contribution < 1.29 is 9.90 Å². The standard InChI is InChI=1S/C17H18N2O2/c20-11-12-5-7-14(8-6-12)19-17(21)16-10-18-9-13-3-1-2-4-15(13)16/h1-8,16,18,20H,9-11H2,(H,19,21). The normalized spacial score (nSPS) is 17.1. The molecule has 4 nitrogen and oxygen atoms in total. The molecule has 3 rings (SSSR count). The third kappa shape index (κ3) is 2.96. The number of anilines is 1. The Labute approximate surface area is 123 Å². The van der Waals surface area contributed by atoms with Crippen LogP contribution in [0.25, 0.3) is 0 Å². The van der Waals surface area contributed by atoms with E-state index in [1.165, 1.54) is 5.56 Å². The Morgan fingerprint density at radius 1 is 1.19 bits per heavy atom. The van der Waals surface area contributed by atoms with Crippen LogP contribution in [0.3, 0.4) is 0 Å². The van der Waals surface area contributed by atoms with E-state index >= 15 is 0 Å². The third-order valence-corrected chi connectivity index (χ3v) is 3.81. The van der Waals surface area contributed by atoms with Gasteiger partial charge in [-0.3, -0.25) is 4.79 Å². The van der Waals surface area contributed by atoms with Crippen LogP contribution in [-0.4, -0.2) is 17.6 Å². The van der Waals surface area contributed by atoms with Crippen molar-refractivity contribution in [1.29, 1.82) is 0 Å². The minimum absolute atomic E-state index is 0.00796. The fourth-order valence-corrected chi connectivity index (χ4v) is 2.65. The minimum Gasteiger partial charge on any atom is -0.392 e. The van der Waals surface area contributed by atoms with Crippen LogP contribution in [0, 0.1) is 0 Å². The lowest BCUT2D eigenvalue weighted by Gasteiger charge is -2.25. The lowest BCUT2D eigenvalue weighted by atomic mass is 9.90. The van der Waals surface area contributed by atoms with Gasteiger partial charge < -0.3 is 15.7 Å². The van der Waals surface area contributed by atoms with Gasteiger partial charge >= 0.3 is 0 Å². The van der Waals surface area contributed by atoms with E-state index in [1.54, 1.807) is 0 Å². The number of hydrogen-bond acceptors (Lipinski definition) is 3. The van der Waals surface area contributed by atoms with E-state index in [2.05, 4.69) is 16.7 Å². The summed E-state index contributed by atoms with van der Waals surface area (Å²) in [6.45, 7) is 1.47. The highest BCUT2D eigenvalue weighted by Gasteiger charge is 2.25. The fraction of sp³-hybridized carbons (Fsp3) is 0.235. The second kappa shape index (κ2) is 6.08. The van der Waals surface area contributed by atoms with Crippen LogP contribution in [0.4, 0.5) is 5.69 Å². The number of carbonyl (C=O) groups is 1. The van der Waals surface area contributed by atoms with E-state index in [-0.39, 0.29) is 18.4 Å². The van der Waals surface area contributed by atoms with Crippen molar-refractivity contribution in [2.45, 2.75) is 19.1 Å². The van der Waals surface area contributed by atoms with Crippen LogP contribution < -0.4 is 10.6 Å². The highest BCUT2D eigenvalue weighted by atomic mass is 16.3. The van der Waals surface area contributed by atoms with Gasteiger partial charge in [0.05, 0.1) is 12.5 Å². The summed E-state index contributed by atoms with van der Waals surface area (Å²) in [5.41, 5.74) is 3.86. The molecule has 21 heavy (non-hydrogen) atoms. The Kier molecular flexibility index (Phi) is 3.99. The molecule has 0 bridgehead atoms. The van der Waals surface area contributed by atoms with Crippen molar-refractivity contribution in [2.24, 2.45) is 0 Å². The third-order valence-electron chi connectivity index (χ3n) is 3.81. The van der Waals surface area contributed by atoms with Crippen LogP contribution >= 0.6 is 0 Å². The zero-order valence-corrected chi connectivity index (χ0v) is 11.7. The van der Waals surface area contributed by atoms with Gasteiger partial charge in [-0.2, -0.15) is 0 Å². The zero-order chi connectivity index (χ0) is 14.7. The Hall–Kier alpha value is -2.17. The number of fused-ring (bicyclic) bond motifs is 1. The first kappa shape index (κ1) is 13.8. The molecule has 0 fully saturated rings. The SMILES string of the molecule is O=C(Nc1ccc(CO)cc1)C1CNCc2ccccc21. The second-order valence-electron chi connectivity index (χ2n) is 5.23. The molecule has 3 N–H and O–H groups in total. The average Bonchev–Trinajstić information content (AvgIpc) is 2.55. The highest BCUT2D eigenvalue weighted by Crippen LogP contribution is 2.25. The molecule has 4 heteroatoms. The largest absolute Gasteiger partial charge is 0.392 e. The number of aliphatic hydroxyl groups excluding tert-OH is 1. The van der Waals surface area contributed by atoms with Crippen molar-refractivity contribution >= 4 is 11.6 Å². The summed E-state index contributed by atoms with van der Waals surface area (Å²) in [7, 11) is 0. The summed E-state index contributed by atoms with van der Waals surface area (Å²) in [5.74, 6) is -0.182. The maximum Gasteiger partial charge on any atom is 0.233 e. The van der Waals surface area contributed by atoms with Gasteiger partial charge in [0.1, 0.15) is 0 Å². The van der Waals surface area contributed by atoms with Crippen molar-refractivity contribution in [3.63, 3.8) is 0 Å². The molecule has 0 saturated carbocycles. The summed E-state index contributed by atoms with van der Waals surface area (Å²) in [4.78, 5) is 12.5. The van der Waals surface area contributed by atoms with Gasteiger partial charge in [-0.25, -0.2) is 0 Å². The minimum atomic E-state index is -0.174. The molecular weight excluding hydrogens is 264 g/mol. The molecule has 1 aliphatic rings. The van der Waals surface area contributed by atoms with Crippen molar-refractivity contribution in [1.82, 2.24) is 5.32 Å². The number of amides is 1. The van der Waals surface area contributed by atoms with Gasteiger partial charge in [0, 0.05) is 18.8 Å². The maximum absolute atomic E-state index is 12.5.